The Morgan fingerprint density at radius 3 is 2.92 bits per heavy atom. The lowest BCUT2D eigenvalue weighted by molar-refractivity contribution is -0.199. The first-order chi connectivity index (χ1) is 12.7. The Balaban J connectivity index is 1.63. The number of aliphatic imine (C=N–C) groups is 1. The summed E-state index contributed by atoms with van der Waals surface area (Å²) in [4.78, 5) is 20.4. The van der Waals surface area contributed by atoms with Crippen LogP contribution in [0.4, 0.5) is 5.69 Å². The number of ether oxygens (including phenoxy) is 1. The number of aliphatic hydroxyl groups is 1. The van der Waals surface area contributed by atoms with Gasteiger partial charge in [-0.25, -0.2) is 0 Å². The molecule has 4 fully saturated rings. The lowest BCUT2D eigenvalue weighted by Crippen LogP contribution is -2.75. The van der Waals surface area contributed by atoms with E-state index in [2.05, 4.69) is 30.0 Å². The number of methoxy groups -OCH3 is 1. The molecule has 1 unspecified atom stereocenters. The summed E-state index contributed by atoms with van der Waals surface area (Å²) in [5.41, 5.74) is 2.84. The van der Waals surface area contributed by atoms with Crippen molar-refractivity contribution in [1.29, 1.82) is 0 Å². The van der Waals surface area contributed by atoms with Gasteiger partial charge in [0.15, 0.2) is 0 Å². The molecular weight excluding hydrogens is 328 g/mol. The fourth-order valence-electron chi connectivity index (χ4n) is 6.46. The summed E-state index contributed by atoms with van der Waals surface area (Å²) in [6.45, 7) is 3.06. The minimum absolute atomic E-state index is 0.0293. The van der Waals surface area contributed by atoms with E-state index < -0.39 is 5.41 Å². The van der Waals surface area contributed by atoms with Gasteiger partial charge in [-0.1, -0.05) is 31.5 Å². The van der Waals surface area contributed by atoms with Crippen molar-refractivity contribution in [2.75, 3.05) is 20.3 Å². The van der Waals surface area contributed by atoms with Crippen LogP contribution in [-0.4, -0.2) is 54.0 Å². The van der Waals surface area contributed by atoms with Crippen LogP contribution in [0, 0.1) is 17.3 Å². The monoisotopic (exact) mass is 354 g/mol. The summed E-state index contributed by atoms with van der Waals surface area (Å²) in [6.07, 6.45) is 2.76. The van der Waals surface area contributed by atoms with Crippen molar-refractivity contribution < 1.29 is 14.6 Å². The summed E-state index contributed by atoms with van der Waals surface area (Å²) < 4.78 is 5.25. The number of aliphatic hydroxyl groups excluding tert-OH is 1. The van der Waals surface area contributed by atoms with Gasteiger partial charge >= 0.3 is 5.97 Å². The summed E-state index contributed by atoms with van der Waals surface area (Å²) >= 11 is 0. The summed E-state index contributed by atoms with van der Waals surface area (Å²) in [5.74, 6) is 0.627. The second-order valence-corrected chi connectivity index (χ2v) is 8.31. The molecule has 0 amide bonds. The summed E-state index contributed by atoms with van der Waals surface area (Å²) in [5, 5.41) is 10.5. The van der Waals surface area contributed by atoms with Crippen molar-refractivity contribution >= 4 is 17.4 Å². The number of nitrogens with zero attached hydrogens (tertiary/aromatic N) is 2. The van der Waals surface area contributed by atoms with Gasteiger partial charge in [0.05, 0.1) is 19.4 Å². The van der Waals surface area contributed by atoms with E-state index in [0.717, 1.165) is 31.5 Å². The highest BCUT2D eigenvalue weighted by Gasteiger charge is 2.67. The molecule has 5 nitrogen and oxygen atoms in total. The molecule has 0 spiro atoms. The zero-order chi connectivity index (χ0) is 18.1. The Bertz CT molecular complexity index is 791. The number of fused-ring (bicyclic) bond motifs is 4. The third kappa shape index (κ3) is 1.83. The van der Waals surface area contributed by atoms with Gasteiger partial charge in [0.1, 0.15) is 5.41 Å². The maximum Gasteiger partial charge on any atom is 0.316 e. The van der Waals surface area contributed by atoms with E-state index in [-0.39, 0.29) is 30.5 Å². The first kappa shape index (κ1) is 16.5. The number of benzene rings is 1. The van der Waals surface area contributed by atoms with Crippen LogP contribution >= 0.6 is 0 Å². The van der Waals surface area contributed by atoms with Crippen molar-refractivity contribution in [2.24, 2.45) is 22.2 Å². The average Bonchev–Trinajstić information content (AvgIpc) is 3.06. The molecule has 6 rings (SSSR count). The topological polar surface area (TPSA) is 62.1 Å². The number of rotatable bonds is 3. The molecule has 5 heteroatoms. The summed E-state index contributed by atoms with van der Waals surface area (Å²) in [7, 11) is 1.45. The van der Waals surface area contributed by atoms with Crippen LogP contribution in [0.3, 0.4) is 0 Å². The third-order valence-electron chi connectivity index (χ3n) is 7.62. The van der Waals surface area contributed by atoms with Crippen molar-refractivity contribution in [2.45, 2.75) is 44.2 Å². The molecule has 0 aliphatic carbocycles. The second kappa shape index (κ2) is 5.64. The molecule has 5 heterocycles. The van der Waals surface area contributed by atoms with Gasteiger partial charge in [0, 0.05) is 30.3 Å². The van der Waals surface area contributed by atoms with Gasteiger partial charge < -0.3 is 9.84 Å². The predicted molar refractivity (Wildman–Crippen MR) is 98.6 cm³/mol. The zero-order valence-corrected chi connectivity index (χ0v) is 15.4. The van der Waals surface area contributed by atoms with Crippen LogP contribution in [0.15, 0.2) is 29.3 Å². The highest BCUT2D eigenvalue weighted by molar-refractivity contribution is 6.03. The van der Waals surface area contributed by atoms with E-state index in [1.165, 1.54) is 18.4 Å². The molecule has 0 saturated carbocycles. The van der Waals surface area contributed by atoms with Crippen LogP contribution < -0.4 is 0 Å². The highest BCUT2D eigenvalue weighted by atomic mass is 16.5. The molecule has 5 aliphatic rings. The minimum Gasteiger partial charge on any atom is -0.468 e. The van der Waals surface area contributed by atoms with Gasteiger partial charge in [0.2, 0.25) is 0 Å². The Morgan fingerprint density at radius 2 is 2.19 bits per heavy atom. The highest BCUT2D eigenvalue weighted by Crippen LogP contribution is 2.59. The molecule has 4 bridgehead atoms. The Morgan fingerprint density at radius 1 is 1.38 bits per heavy atom. The number of carbonyl (C=O) groups is 1. The SMILES string of the molecule is CC[C@H]1CN2[C@H]3C[C@H]4C(=Nc5ccccc54)[C@@H]2C[C@@H]1[C@@]3(CO)C(=O)OC. The maximum atomic E-state index is 13.0. The number of carbonyl (C=O) groups excluding carboxylic acids is 1. The normalized spacial score (nSPS) is 42.0. The molecule has 0 aromatic heterocycles. The van der Waals surface area contributed by atoms with Gasteiger partial charge in [-0.3, -0.25) is 14.7 Å². The molecule has 1 N–H and O–H groups in total. The van der Waals surface area contributed by atoms with Gasteiger partial charge in [-0.05, 0) is 36.3 Å². The van der Waals surface area contributed by atoms with E-state index in [1.54, 1.807) is 0 Å². The third-order valence-corrected chi connectivity index (χ3v) is 7.62. The van der Waals surface area contributed by atoms with Crippen molar-refractivity contribution in [1.82, 2.24) is 4.90 Å². The maximum absolute atomic E-state index is 13.0. The van der Waals surface area contributed by atoms with Crippen molar-refractivity contribution in [3.05, 3.63) is 29.8 Å². The number of esters is 1. The Hall–Kier alpha value is -1.72. The molecule has 5 aliphatic heterocycles. The Kier molecular flexibility index (Phi) is 3.57. The minimum atomic E-state index is -0.798. The fraction of sp³-hybridized carbons (Fsp3) is 0.619. The number of hydrogen-bond donors (Lipinski definition) is 1. The van der Waals surface area contributed by atoms with E-state index in [9.17, 15) is 9.90 Å². The number of piperidine rings is 4. The van der Waals surface area contributed by atoms with Crippen LogP contribution in [0.25, 0.3) is 0 Å². The van der Waals surface area contributed by atoms with Gasteiger partial charge in [-0.15, -0.1) is 0 Å². The molecule has 26 heavy (non-hydrogen) atoms. The second-order valence-electron chi connectivity index (χ2n) is 8.31. The van der Waals surface area contributed by atoms with Gasteiger partial charge in [-0.2, -0.15) is 0 Å². The molecular formula is C21H26N2O3. The average molecular weight is 354 g/mol. The fourth-order valence-corrected chi connectivity index (χ4v) is 6.46. The van der Waals surface area contributed by atoms with E-state index in [0.29, 0.717) is 12.0 Å². The van der Waals surface area contributed by atoms with Crippen LogP contribution in [0.2, 0.25) is 0 Å². The van der Waals surface area contributed by atoms with Crippen LogP contribution in [0.1, 0.15) is 37.7 Å². The van der Waals surface area contributed by atoms with Gasteiger partial charge in [0.25, 0.3) is 0 Å². The predicted octanol–water partition coefficient (Wildman–Crippen LogP) is 2.51. The van der Waals surface area contributed by atoms with Crippen molar-refractivity contribution in [3.63, 3.8) is 0 Å². The number of para-hydroxylation sites is 1. The lowest BCUT2D eigenvalue weighted by atomic mass is 9.52. The van der Waals surface area contributed by atoms with Crippen LogP contribution in [-0.2, 0) is 9.53 Å². The van der Waals surface area contributed by atoms with E-state index in [4.69, 9.17) is 9.73 Å². The van der Waals surface area contributed by atoms with E-state index >= 15 is 0 Å². The molecule has 4 saturated heterocycles. The quantitative estimate of drug-likeness (QED) is 0.847. The molecule has 138 valence electrons. The van der Waals surface area contributed by atoms with Crippen LogP contribution in [0.5, 0.6) is 0 Å². The molecule has 0 radical (unpaired) electrons. The first-order valence-electron chi connectivity index (χ1n) is 9.78. The van der Waals surface area contributed by atoms with E-state index in [1.807, 2.05) is 6.07 Å². The lowest BCUT2D eigenvalue weighted by Gasteiger charge is -2.65. The Labute approximate surface area is 154 Å². The molecule has 1 aromatic rings. The largest absolute Gasteiger partial charge is 0.468 e. The standard InChI is InChI=1S/C21H26N2O3/c1-3-12-10-23-17-9-15(12)21(11-24,20(25)26-2)18(23)8-14-13-6-4-5-7-16(13)22-19(14)17/h4-7,12,14-15,17-18,24H,3,8-11H2,1-2H3/t12-,14+,15-,17-,18-,21+/m0/s1. The number of hydrogen-bond acceptors (Lipinski definition) is 5. The van der Waals surface area contributed by atoms with Crippen molar-refractivity contribution in [3.8, 4) is 0 Å². The smallest absolute Gasteiger partial charge is 0.316 e. The molecule has 7 atom stereocenters. The summed E-state index contributed by atoms with van der Waals surface area (Å²) in [6, 6.07) is 8.69. The molecule has 1 aromatic carbocycles. The first-order valence-corrected chi connectivity index (χ1v) is 9.78. The zero-order valence-electron chi connectivity index (χ0n) is 15.4.